The number of nitrogens with zero attached hydrogens (tertiary/aromatic N) is 3. The Morgan fingerprint density at radius 1 is 0.816 bits per heavy atom. The van der Waals surface area contributed by atoms with Gasteiger partial charge < -0.3 is 10.2 Å². The van der Waals surface area contributed by atoms with Crippen LogP contribution in [-0.2, 0) is 23.8 Å². The molecule has 0 amide bonds. The monoisotopic (exact) mass is 518 g/mol. The largest absolute Gasteiger partial charge is 0.416 e. The van der Waals surface area contributed by atoms with Crippen molar-refractivity contribution in [3.8, 4) is 0 Å². The van der Waals surface area contributed by atoms with Gasteiger partial charge in [0.05, 0.1) is 22.8 Å². The van der Waals surface area contributed by atoms with Crippen molar-refractivity contribution >= 4 is 28.4 Å². The van der Waals surface area contributed by atoms with Gasteiger partial charge in [0.15, 0.2) is 5.78 Å². The normalized spacial score (nSPS) is 14.0. The number of Topliss-reactive ketones (excluding diaryl/α,β-unsaturated/α-hetero) is 1. The summed E-state index contributed by atoms with van der Waals surface area (Å²) in [6.07, 6.45) is -2.49. The highest BCUT2D eigenvalue weighted by atomic mass is 19.4. The van der Waals surface area contributed by atoms with Crippen molar-refractivity contribution in [2.75, 3.05) is 31.1 Å². The molecule has 194 valence electrons. The topological polar surface area (TPSA) is 75.2 Å². The number of hydrogen-bond donors (Lipinski definition) is 1. The number of aromatic nitrogens is 2. The standard InChI is InChI=1S/C29H25F3N4O2/c30-29(31,32)23-8-3-20(4-9-23)16-24(37)15-19-1-5-21(6-2-19)28(38)22-7-10-25-26(17-22)35-27(18-34-25)36-13-11-33-12-14-36/h1-10,17-18,33H,11-16H2. The van der Waals surface area contributed by atoms with Gasteiger partial charge in [-0.1, -0.05) is 36.4 Å². The summed E-state index contributed by atoms with van der Waals surface area (Å²) in [5, 5.41) is 3.31. The van der Waals surface area contributed by atoms with E-state index < -0.39 is 11.7 Å². The smallest absolute Gasteiger partial charge is 0.353 e. The number of benzene rings is 3. The molecule has 1 aliphatic rings. The van der Waals surface area contributed by atoms with E-state index in [-0.39, 0.29) is 24.4 Å². The molecular formula is C29H25F3N4O2. The lowest BCUT2D eigenvalue weighted by atomic mass is 9.98. The van der Waals surface area contributed by atoms with Crippen LogP contribution in [0.4, 0.5) is 19.0 Å². The third-order valence-corrected chi connectivity index (χ3v) is 6.53. The first-order valence-electron chi connectivity index (χ1n) is 12.3. The molecule has 5 rings (SSSR count). The zero-order valence-electron chi connectivity index (χ0n) is 20.5. The first-order chi connectivity index (χ1) is 18.3. The number of halogens is 3. The maximum Gasteiger partial charge on any atom is 0.416 e. The quantitative estimate of drug-likeness (QED) is 0.359. The number of ketones is 2. The van der Waals surface area contributed by atoms with Crippen molar-refractivity contribution in [3.05, 3.63) is 101 Å². The molecule has 0 unspecified atom stereocenters. The van der Waals surface area contributed by atoms with E-state index >= 15 is 0 Å². The van der Waals surface area contributed by atoms with Crippen LogP contribution < -0.4 is 10.2 Å². The highest BCUT2D eigenvalue weighted by Crippen LogP contribution is 2.29. The molecule has 0 saturated carbocycles. The van der Waals surface area contributed by atoms with Crippen molar-refractivity contribution in [3.63, 3.8) is 0 Å². The Morgan fingerprint density at radius 2 is 1.42 bits per heavy atom. The van der Waals surface area contributed by atoms with Crippen LogP contribution in [0.25, 0.3) is 11.0 Å². The van der Waals surface area contributed by atoms with Gasteiger partial charge in [0.1, 0.15) is 11.6 Å². The molecule has 0 radical (unpaired) electrons. The van der Waals surface area contributed by atoms with Gasteiger partial charge >= 0.3 is 6.18 Å². The number of anilines is 1. The van der Waals surface area contributed by atoms with Gasteiger partial charge in [0.25, 0.3) is 0 Å². The van der Waals surface area contributed by atoms with Gasteiger partial charge in [-0.15, -0.1) is 0 Å². The van der Waals surface area contributed by atoms with Crippen LogP contribution in [0.2, 0.25) is 0 Å². The lowest BCUT2D eigenvalue weighted by molar-refractivity contribution is -0.137. The zero-order chi connectivity index (χ0) is 26.7. The molecule has 1 aliphatic heterocycles. The third kappa shape index (κ3) is 5.89. The molecule has 0 aliphatic carbocycles. The molecule has 0 atom stereocenters. The fourth-order valence-electron chi connectivity index (χ4n) is 4.46. The van der Waals surface area contributed by atoms with Crippen molar-refractivity contribution in [2.24, 2.45) is 0 Å². The summed E-state index contributed by atoms with van der Waals surface area (Å²) in [5.74, 6) is 0.495. The molecule has 6 nitrogen and oxygen atoms in total. The molecule has 1 N–H and O–H groups in total. The lowest BCUT2D eigenvalue weighted by Crippen LogP contribution is -2.43. The fourth-order valence-corrected chi connectivity index (χ4v) is 4.46. The van der Waals surface area contributed by atoms with E-state index in [1.165, 1.54) is 12.1 Å². The molecule has 38 heavy (non-hydrogen) atoms. The van der Waals surface area contributed by atoms with Crippen LogP contribution in [0.3, 0.4) is 0 Å². The second kappa shape index (κ2) is 10.7. The zero-order valence-corrected chi connectivity index (χ0v) is 20.5. The SMILES string of the molecule is O=C(Cc1ccc(C(=O)c2ccc3ncc(N4CCNCC4)nc3c2)cc1)Cc1ccc(C(F)(F)F)cc1. The summed E-state index contributed by atoms with van der Waals surface area (Å²) in [4.78, 5) is 37.0. The number of rotatable bonds is 7. The maximum absolute atomic E-state index is 13.1. The van der Waals surface area contributed by atoms with Crippen LogP contribution in [0, 0.1) is 0 Å². The summed E-state index contributed by atoms with van der Waals surface area (Å²) in [6.45, 7) is 3.46. The molecular weight excluding hydrogens is 493 g/mol. The molecule has 3 aromatic carbocycles. The Balaban J connectivity index is 1.24. The Morgan fingerprint density at radius 3 is 2.05 bits per heavy atom. The number of piperazine rings is 1. The summed E-state index contributed by atoms with van der Waals surface area (Å²) in [6, 6.07) is 16.7. The summed E-state index contributed by atoms with van der Waals surface area (Å²) in [5.41, 5.74) is 2.84. The van der Waals surface area contributed by atoms with Gasteiger partial charge in [-0.2, -0.15) is 13.2 Å². The molecule has 2 heterocycles. The average Bonchev–Trinajstić information content (AvgIpc) is 2.92. The fraction of sp³-hybridized carbons (Fsp3) is 0.241. The predicted molar refractivity (Wildman–Crippen MR) is 138 cm³/mol. The number of carbonyl (C=O) groups excluding carboxylic acids is 2. The van der Waals surface area contributed by atoms with Crippen LogP contribution in [0.1, 0.15) is 32.6 Å². The van der Waals surface area contributed by atoms with E-state index in [9.17, 15) is 22.8 Å². The Bertz CT molecular complexity index is 1460. The van der Waals surface area contributed by atoms with Gasteiger partial charge in [0, 0.05) is 50.1 Å². The molecule has 1 aromatic heterocycles. The Hall–Kier alpha value is -4.11. The first kappa shape index (κ1) is 25.5. The molecule has 9 heteroatoms. The minimum absolute atomic E-state index is 0.0346. The van der Waals surface area contributed by atoms with Gasteiger partial charge in [0.2, 0.25) is 0 Å². The molecule has 4 aromatic rings. The number of fused-ring (bicyclic) bond motifs is 1. The van der Waals surface area contributed by atoms with E-state index in [4.69, 9.17) is 4.98 Å². The molecule has 0 bridgehead atoms. The van der Waals surface area contributed by atoms with Crippen molar-refractivity contribution < 1.29 is 22.8 Å². The van der Waals surface area contributed by atoms with E-state index in [2.05, 4.69) is 15.2 Å². The van der Waals surface area contributed by atoms with Crippen molar-refractivity contribution in [2.45, 2.75) is 19.0 Å². The number of nitrogens with one attached hydrogen (secondary N) is 1. The van der Waals surface area contributed by atoms with E-state index in [0.717, 1.165) is 49.7 Å². The predicted octanol–water partition coefficient (Wildman–Crippen LogP) is 4.64. The van der Waals surface area contributed by atoms with Crippen LogP contribution in [0.5, 0.6) is 0 Å². The Kier molecular flexibility index (Phi) is 7.20. The molecule has 1 saturated heterocycles. The van der Waals surface area contributed by atoms with Crippen LogP contribution >= 0.6 is 0 Å². The number of alkyl halides is 3. The number of hydrogen-bond acceptors (Lipinski definition) is 6. The second-order valence-corrected chi connectivity index (χ2v) is 9.28. The highest BCUT2D eigenvalue weighted by molar-refractivity contribution is 6.10. The van der Waals surface area contributed by atoms with Crippen molar-refractivity contribution in [1.82, 2.24) is 15.3 Å². The van der Waals surface area contributed by atoms with Crippen molar-refractivity contribution in [1.29, 1.82) is 0 Å². The van der Waals surface area contributed by atoms with Crippen LogP contribution in [-0.4, -0.2) is 47.7 Å². The Labute approximate surface area is 217 Å². The van der Waals surface area contributed by atoms with Gasteiger partial charge in [-0.3, -0.25) is 14.6 Å². The lowest BCUT2D eigenvalue weighted by Gasteiger charge is -2.28. The van der Waals surface area contributed by atoms with Gasteiger partial charge in [-0.25, -0.2) is 4.98 Å². The third-order valence-electron chi connectivity index (χ3n) is 6.53. The van der Waals surface area contributed by atoms with E-state index in [0.29, 0.717) is 27.7 Å². The minimum Gasteiger partial charge on any atom is -0.353 e. The second-order valence-electron chi connectivity index (χ2n) is 9.28. The highest BCUT2D eigenvalue weighted by Gasteiger charge is 2.30. The summed E-state index contributed by atoms with van der Waals surface area (Å²) >= 11 is 0. The molecule has 1 fully saturated rings. The van der Waals surface area contributed by atoms with E-state index in [1.54, 1.807) is 48.7 Å². The van der Waals surface area contributed by atoms with E-state index in [1.807, 2.05) is 0 Å². The summed E-state index contributed by atoms with van der Waals surface area (Å²) < 4.78 is 38.2. The van der Waals surface area contributed by atoms with Gasteiger partial charge in [-0.05, 0) is 41.5 Å². The first-order valence-corrected chi connectivity index (χ1v) is 12.3. The maximum atomic E-state index is 13.1. The minimum atomic E-state index is -4.41. The molecule has 0 spiro atoms. The van der Waals surface area contributed by atoms with Crippen LogP contribution in [0.15, 0.2) is 72.9 Å². The number of carbonyl (C=O) groups is 2. The summed E-state index contributed by atoms with van der Waals surface area (Å²) in [7, 11) is 0. The average molecular weight is 519 g/mol.